The minimum absolute atomic E-state index is 0.0301. The van der Waals surface area contributed by atoms with E-state index in [-0.39, 0.29) is 19.4 Å². The number of ether oxygens (including phenoxy) is 2. The van der Waals surface area contributed by atoms with Gasteiger partial charge in [0.1, 0.15) is 0 Å². The maximum atomic E-state index is 9.53. The lowest BCUT2D eigenvalue weighted by Crippen LogP contribution is -2.23. The summed E-state index contributed by atoms with van der Waals surface area (Å²) in [7, 11) is 0. The van der Waals surface area contributed by atoms with Crippen molar-refractivity contribution in [2.24, 2.45) is 0 Å². The molecule has 2 N–H and O–H groups in total. The van der Waals surface area contributed by atoms with Crippen molar-refractivity contribution >= 4 is 11.6 Å². The van der Waals surface area contributed by atoms with Crippen molar-refractivity contribution in [3.05, 3.63) is 58.6 Å². The van der Waals surface area contributed by atoms with Gasteiger partial charge in [0, 0.05) is 6.54 Å². The third kappa shape index (κ3) is 3.13. The smallest absolute Gasteiger partial charge is 0.231 e. The summed E-state index contributed by atoms with van der Waals surface area (Å²) in [4.78, 5) is 0. The number of aliphatic hydroxyl groups excluding tert-OH is 1. The zero-order chi connectivity index (χ0) is 14.7. The quantitative estimate of drug-likeness (QED) is 0.892. The number of halogens is 1. The molecule has 1 heterocycles. The van der Waals surface area contributed by atoms with Gasteiger partial charge in [-0.1, -0.05) is 41.9 Å². The maximum Gasteiger partial charge on any atom is 0.231 e. The molecule has 3 rings (SSSR count). The predicted octanol–water partition coefficient (Wildman–Crippen LogP) is 2.89. The van der Waals surface area contributed by atoms with Gasteiger partial charge in [0.25, 0.3) is 0 Å². The van der Waals surface area contributed by atoms with Crippen LogP contribution < -0.4 is 14.8 Å². The van der Waals surface area contributed by atoms with Gasteiger partial charge in [-0.25, -0.2) is 0 Å². The molecule has 5 heteroatoms. The Hall–Kier alpha value is -1.75. The molecule has 110 valence electrons. The molecule has 21 heavy (non-hydrogen) atoms. The molecule has 2 aromatic carbocycles. The fourth-order valence-electron chi connectivity index (χ4n) is 2.34. The molecular weight excluding hydrogens is 290 g/mol. The normalized spacial score (nSPS) is 14.2. The lowest BCUT2D eigenvalue weighted by molar-refractivity contribution is 0.174. The summed E-state index contributed by atoms with van der Waals surface area (Å²) in [5.41, 5.74) is 2.03. The van der Waals surface area contributed by atoms with E-state index in [4.69, 9.17) is 21.1 Å². The standard InChI is InChI=1S/C16H16ClNO3/c17-13-6-11(7-15-16(13)21-10-20-15)8-18-14(9-19)12-4-2-1-3-5-12/h1-7,14,18-19H,8-10H2/t14-/m1/s1. The molecule has 1 aliphatic heterocycles. The SMILES string of the molecule is OC[C@@H](NCc1cc(Cl)c2c(c1)OCO2)c1ccccc1. The van der Waals surface area contributed by atoms with E-state index >= 15 is 0 Å². The molecule has 0 aromatic heterocycles. The van der Waals surface area contributed by atoms with Gasteiger partial charge in [-0.2, -0.15) is 0 Å². The Balaban J connectivity index is 1.71. The molecule has 4 nitrogen and oxygen atoms in total. The van der Waals surface area contributed by atoms with Crippen LogP contribution in [0.1, 0.15) is 17.2 Å². The number of aliphatic hydroxyl groups is 1. The van der Waals surface area contributed by atoms with Gasteiger partial charge in [0.15, 0.2) is 11.5 Å². The fourth-order valence-corrected chi connectivity index (χ4v) is 2.62. The molecule has 0 saturated heterocycles. The van der Waals surface area contributed by atoms with Crippen LogP contribution in [0, 0.1) is 0 Å². The van der Waals surface area contributed by atoms with E-state index in [1.54, 1.807) is 0 Å². The molecule has 0 spiro atoms. The number of fused-ring (bicyclic) bond motifs is 1. The van der Waals surface area contributed by atoms with Crippen molar-refractivity contribution in [2.45, 2.75) is 12.6 Å². The number of hydrogen-bond donors (Lipinski definition) is 2. The van der Waals surface area contributed by atoms with Gasteiger partial charge in [0.2, 0.25) is 6.79 Å². The number of hydrogen-bond acceptors (Lipinski definition) is 4. The zero-order valence-electron chi connectivity index (χ0n) is 11.4. The molecule has 1 atom stereocenters. The van der Waals surface area contributed by atoms with Gasteiger partial charge in [-0.15, -0.1) is 0 Å². The summed E-state index contributed by atoms with van der Waals surface area (Å²) < 4.78 is 10.6. The molecule has 0 amide bonds. The summed E-state index contributed by atoms with van der Waals surface area (Å²) in [5, 5.41) is 13.4. The Bertz CT molecular complexity index is 618. The van der Waals surface area contributed by atoms with E-state index in [2.05, 4.69) is 5.32 Å². The van der Waals surface area contributed by atoms with Crippen molar-refractivity contribution in [3.8, 4) is 11.5 Å². The van der Waals surface area contributed by atoms with Gasteiger partial charge >= 0.3 is 0 Å². The van der Waals surface area contributed by atoms with E-state index in [0.717, 1.165) is 11.1 Å². The summed E-state index contributed by atoms with van der Waals surface area (Å²) in [6.45, 7) is 0.813. The lowest BCUT2D eigenvalue weighted by atomic mass is 10.1. The van der Waals surface area contributed by atoms with E-state index < -0.39 is 0 Å². The van der Waals surface area contributed by atoms with Crippen LogP contribution in [0.5, 0.6) is 11.5 Å². The van der Waals surface area contributed by atoms with Crippen LogP contribution in [-0.2, 0) is 6.54 Å². The van der Waals surface area contributed by atoms with Crippen LogP contribution in [0.4, 0.5) is 0 Å². The second kappa shape index (κ2) is 6.35. The van der Waals surface area contributed by atoms with Crippen molar-refractivity contribution in [1.82, 2.24) is 5.32 Å². The molecule has 0 aliphatic carbocycles. The minimum atomic E-state index is -0.115. The molecule has 0 saturated carbocycles. The number of rotatable bonds is 5. The lowest BCUT2D eigenvalue weighted by Gasteiger charge is -2.17. The van der Waals surface area contributed by atoms with E-state index in [0.29, 0.717) is 23.1 Å². The summed E-state index contributed by atoms with van der Waals surface area (Å²) in [6.07, 6.45) is 0. The Labute approximate surface area is 128 Å². The second-order valence-corrected chi connectivity index (χ2v) is 5.25. The Kier molecular flexibility index (Phi) is 4.29. The van der Waals surface area contributed by atoms with Crippen molar-refractivity contribution in [1.29, 1.82) is 0 Å². The summed E-state index contributed by atoms with van der Waals surface area (Å²) >= 11 is 6.16. The first-order valence-electron chi connectivity index (χ1n) is 6.75. The third-order valence-corrected chi connectivity index (χ3v) is 3.70. The molecule has 0 bridgehead atoms. The molecular formula is C16H16ClNO3. The van der Waals surface area contributed by atoms with Crippen LogP contribution in [0.25, 0.3) is 0 Å². The minimum Gasteiger partial charge on any atom is -0.454 e. The highest BCUT2D eigenvalue weighted by atomic mass is 35.5. The average molecular weight is 306 g/mol. The Morgan fingerprint density at radius 1 is 1.19 bits per heavy atom. The average Bonchev–Trinajstić information content (AvgIpc) is 2.98. The van der Waals surface area contributed by atoms with Crippen LogP contribution in [0.2, 0.25) is 5.02 Å². The van der Waals surface area contributed by atoms with Crippen LogP contribution in [-0.4, -0.2) is 18.5 Å². The van der Waals surface area contributed by atoms with Crippen molar-refractivity contribution < 1.29 is 14.6 Å². The predicted molar refractivity (Wildman–Crippen MR) is 80.7 cm³/mol. The largest absolute Gasteiger partial charge is 0.454 e. The molecule has 0 unspecified atom stereocenters. The van der Waals surface area contributed by atoms with Crippen LogP contribution in [0.15, 0.2) is 42.5 Å². The van der Waals surface area contributed by atoms with Crippen molar-refractivity contribution in [2.75, 3.05) is 13.4 Å². The van der Waals surface area contributed by atoms with E-state index in [1.807, 2.05) is 42.5 Å². The van der Waals surface area contributed by atoms with Crippen LogP contribution >= 0.6 is 11.6 Å². The highest BCUT2D eigenvalue weighted by molar-refractivity contribution is 6.32. The highest BCUT2D eigenvalue weighted by Crippen LogP contribution is 2.39. The maximum absolute atomic E-state index is 9.53. The summed E-state index contributed by atoms with van der Waals surface area (Å²) in [5.74, 6) is 1.27. The van der Waals surface area contributed by atoms with Gasteiger partial charge in [-0.05, 0) is 23.3 Å². The molecule has 0 radical (unpaired) electrons. The first-order valence-corrected chi connectivity index (χ1v) is 7.13. The first kappa shape index (κ1) is 14.2. The Morgan fingerprint density at radius 3 is 2.76 bits per heavy atom. The van der Waals surface area contributed by atoms with Gasteiger partial charge < -0.3 is 19.9 Å². The van der Waals surface area contributed by atoms with Gasteiger partial charge in [-0.3, -0.25) is 0 Å². The molecule has 2 aromatic rings. The summed E-state index contributed by atoms with van der Waals surface area (Å²) in [6, 6.07) is 13.5. The zero-order valence-corrected chi connectivity index (χ0v) is 12.1. The monoisotopic (exact) mass is 305 g/mol. The molecule has 0 fully saturated rings. The Morgan fingerprint density at radius 2 is 2.00 bits per heavy atom. The van der Waals surface area contributed by atoms with E-state index in [9.17, 15) is 5.11 Å². The van der Waals surface area contributed by atoms with Gasteiger partial charge in [0.05, 0.1) is 17.7 Å². The number of nitrogens with one attached hydrogen (secondary N) is 1. The molecule has 1 aliphatic rings. The highest BCUT2D eigenvalue weighted by Gasteiger charge is 2.18. The van der Waals surface area contributed by atoms with Crippen LogP contribution in [0.3, 0.4) is 0 Å². The van der Waals surface area contributed by atoms with Crippen molar-refractivity contribution in [3.63, 3.8) is 0 Å². The fraction of sp³-hybridized carbons (Fsp3) is 0.250. The first-order chi connectivity index (χ1) is 10.3. The second-order valence-electron chi connectivity index (χ2n) is 4.84. The number of benzene rings is 2. The third-order valence-electron chi connectivity index (χ3n) is 3.42. The topological polar surface area (TPSA) is 50.7 Å². The van der Waals surface area contributed by atoms with E-state index in [1.165, 1.54) is 0 Å².